The maximum Gasteiger partial charge on any atom is 0.151 e. The summed E-state index contributed by atoms with van der Waals surface area (Å²) >= 11 is 0. The molecule has 3 heterocycles. The molecule has 4 rings (SSSR count). The predicted molar refractivity (Wildman–Crippen MR) is 79.7 cm³/mol. The summed E-state index contributed by atoms with van der Waals surface area (Å²) in [6.45, 7) is 5.42. The SMILES string of the molecule is Cc1ccccc1-c1ccc(N2C[C@H]3CN[C@H]3C2)nn1. The van der Waals surface area contributed by atoms with E-state index in [-0.39, 0.29) is 0 Å². The van der Waals surface area contributed by atoms with E-state index in [1.54, 1.807) is 0 Å². The molecule has 2 atom stereocenters. The van der Waals surface area contributed by atoms with Crippen LogP contribution in [0.25, 0.3) is 11.3 Å². The quantitative estimate of drug-likeness (QED) is 0.901. The summed E-state index contributed by atoms with van der Waals surface area (Å²) in [5.74, 6) is 1.80. The zero-order chi connectivity index (χ0) is 13.5. The van der Waals surface area contributed by atoms with Crippen molar-refractivity contribution in [3.05, 3.63) is 42.0 Å². The van der Waals surface area contributed by atoms with Gasteiger partial charge in [-0.15, -0.1) is 10.2 Å². The average molecular weight is 266 g/mol. The average Bonchev–Trinajstić information content (AvgIpc) is 2.75. The Balaban J connectivity index is 1.58. The van der Waals surface area contributed by atoms with Crippen molar-refractivity contribution in [1.29, 1.82) is 0 Å². The second kappa shape index (κ2) is 4.56. The highest BCUT2D eigenvalue weighted by Crippen LogP contribution is 2.28. The van der Waals surface area contributed by atoms with Crippen molar-refractivity contribution in [3.8, 4) is 11.3 Å². The van der Waals surface area contributed by atoms with Gasteiger partial charge >= 0.3 is 0 Å². The zero-order valence-corrected chi connectivity index (χ0v) is 11.6. The van der Waals surface area contributed by atoms with E-state index >= 15 is 0 Å². The van der Waals surface area contributed by atoms with Gasteiger partial charge in [0.15, 0.2) is 5.82 Å². The second-order valence-corrected chi connectivity index (χ2v) is 5.77. The van der Waals surface area contributed by atoms with Crippen LogP contribution < -0.4 is 10.2 Å². The maximum absolute atomic E-state index is 4.42. The lowest BCUT2D eigenvalue weighted by Crippen LogP contribution is -2.51. The predicted octanol–water partition coefficient (Wildman–Crippen LogP) is 1.86. The molecule has 1 aromatic carbocycles. The van der Waals surface area contributed by atoms with Gasteiger partial charge in [-0.05, 0) is 24.6 Å². The second-order valence-electron chi connectivity index (χ2n) is 5.77. The fraction of sp³-hybridized carbons (Fsp3) is 0.375. The van der Waals surface area contributed by atoms with E-state index in [2.05, 4.69) is 51.6 Å². The normalized spacial score (nSPS) is 24.4. The molecular weight excluding hydrogens is 248 g/mol. The topological polar surface area (TPSA) is 41.0 Å². The van der Waals surface area contributed by atoms with Crippen LogP contribution in [0.2, 0.25) is 0 Å². The Hall–Kier alpha value is -1.94. The fourth-order valence-electron chi connectivity index (χ4n) is 3.14. The number of anilines is 1. The number of aromatic nitrogens is 2. The van der Waals surface area contributed by atoms with Gasteiger partial charge in [0, 0.05) is 37.2 Å². The first kappa shape index (κ1) is 11.9. The molecule has 0 radical (unpaired) electrons. The fourth-order valence-corrected chi connectivity index (χ4v) is 3.14. The zero-order valence-electron chi connectivity index (χ0n) is 11.6. The lowest BCUT2D eigenvalue weighted by atomic mass is 9.96. The van der Waals surface area contributed by atoms with E-state index < -0.39 is 0 Å². The Labute approximate surface area is 118 Å². The van der Waals surface area contributed by atoms with Crippen molar-refractivity contribution >= 4 is 5.82 Å². The molecule has 0 bridgehead atoms. The van der Waals surface area contributed by atoms with E-state index in [0.717, 1.165) is 42.6 Å². The molecule has 0 amide bonds. The number of rotatable bonds is 2. The summed E-state index contributed by atoms with van der Waals surface area (Å²) in [6, 6.07) is 13.1. The molecule has 2 aromatic rings. The first-order valence-electron chi connectivity index (χ1n) is 7.19. The van der Waals surface area contributed by atoms with Crippen molar-refractivity contribution in [2.75, 3.05) is 24.5 Å². The van der Waals surface area contributed by atoms with Gasteiger partial charge in [0.05, 0.1) is 5.69 Å². The van der Waals surface area contributed by atoms with Crippen molar-refractivity contribution in [1.82, 2.24) is 15.5 Å². The van der Waals surface area contributed by atoms with E-state index in [1.165, 1.54) is 5.56 Å². The van der Waals surface area contributed by atoms with Crippen LogP contribution >= 0.6 is 0 Å². The van der Waals surface area contributed by atoms with Gasteiger partial charge in [0.25, 0.3) is 0 Å². The third kappa shape index (κ3) is 1.88. The molecule has 2 fully saturated rings. The Kier molecular flexibility index (Phi) is 2.70. The molecule has 0 saturated carbocycles. The van der Waals surface area contributed by atoms with Crippen molar-refractivity contribution in [2.45, 2.75) is 13.0 Å². The van der Waals surface area contributed by atoms with Crippen LogP contribution in [0, 0.1) is 12.8 Å². The van der Waals surface area contributed by atoms with Crippen LogP contribution in [0.1, 0.15) is 5.56 Å². The summed E-state index contributed by atoms with van der Waals surface area (Å²) < 4.78 is 0. The van der Waals surface area contributed by atoms with Crippen molar-refractivity contribution in [3.63, 3.8) is 0 Å². The van der Waals surface area contributed by atoms with E-state index in [1.807, 2.05) is 12.1 Å². The number of aryl methyl sites for hydroxylation is 1. The third-order valence-corrected chi connectivity index (χ3v) is 4.48. The molecule has 2 saturated heterocycles. The number of hydrogen-bond donors (Lipinski definition) is 1. The molecule has 0 aliphatic carbocycles. The molecule has 20 heavy (non-hydrogen) atoms. The summed E-state index contributed by atoms with van der Waals surface area (Å²) in [5, 5.41) is 12.3. The van der Waals surface area contributed by atoms with Crippen molar-refractivity contribution < 1.29 is 0 Å². The number of benzene rings is 1. The van der Waals surface area contributed by atoms with E-state index in [0.29, 0.717) is 6.04 Å². The van der Waals surface area contributed by atoms with Crippen LogP contribution in [0.15, 0.2) is 36.4 Å². The van der Waals surface area contributed by atoms with Gasteiger partial charge < -0.3 is 10.2 Å². The van der Waals surface area contributed by atoms with Gasteiger partial charge in [0.1, 0.15) is 0 Å². The summed E-state index contributed by atoms with van der Waals surface area (Å²) in [5.41, 5.74) is 3.35. The molecular formula is C16H18N4. The molecule has 102 valence electrons. The molecule has 0 unspecified atom stereocenters. The number of nitrogens with zero attached hydrogens (tertiary/aromatic N) is 3. The van der Waals surface area contributed by atoms with Gasteiger partial charge in [-0.1, -0.05) is 24.3 Å². The maximum atomic E-state index is 4.42. The Bertz CT molecular complexity index is 611. The molecule has 4 nitrogen and oxygen atoms in total. The molecule has 2 aliphatic rings. The molecule has 1 N–H and O–H groups in total. The molecule has 1 aromatic heterocycles. The van der Waals surface area contributed by atoms with Crippen molar-refractivity contribution in [2.24, 2.45) is 5.92 Å². The van der Waals surface area contributed by atoms with Gasteiger partial charge in [-0.2, -0.15) is 0 Å². The Morgan fingerprint density at radius 1 is 1.10 bits per heavy atom. The largest absolute Gasteiger partial charge is 0.353 e. The summed E-state index contributed by atoms with van der Waals surface area (Å²) in [7, 11) is 0. The number of nitrogens with one attached hydrogen (secondary N) is 1. The monoisotopic (exact) mass is 266 g/mol. The number of fused-ring (bicyclic) bond motifs is 1. The first-order valence-corrected chi connectivity index (χ1v) is 7.19. The molecule has 4 heteroatoms. The summed E-state index contributed by atoms with van der Waals surface area (Å²) in [4.78, 5) is 2.34. The van der Waals surface area contributed by atoms with Gasteiger partial charge in [-0.3, -0.25) is 0 Å². The van der Waals surface area contributed by atoms with Crippen LogP contribution in [-0.4, -0.2) is 35.9 Å². The van der Waals surface area contributed by atoms with Crippen LogP contribution in [-0.2, 0) is 0 Å². The highest BCUT2D eigenvalue weighted by Gasteiger charge is 2.39. The number of hydrogen-bond acceptors (Lipinski definition) is 4. The highest BCUT2D eigenvalue weighted by atomic mass is 15.3. The minimum Gasteiger partial charge on any atom is -0.353 e. The van der Waals surface area contributed by atoms with E-state index in [9.17, 15) is 0 Å². The van der Waals surface area contributed by atoms with Crippen LogP contribution in [0.5, 0.6) is 0 Å². The first-order chi connectivity index (χ1) is 9.81. The lowest BCUT2D eigenvalue weighted by Gasteiger charge is -2.29. The summed E-state index contributed by atoms with van der Waals surface area (Å²) in [6.07, 6.45) is 0. The molecule has 2 aliphatic heterocycles. The Morgan fingerprint density at radius 2 is 2.00 bits per heavy atom. The Morgan fingerprint density at radius 3 is 2.60 bits per heavy atom. The minimum absolute atomic E-state index is 0.660. The minimum atomic E-state index is 0.660. The van der Waals surface area contributed by atoms with Gasteiger partial charge in [0.2, 0.25) is 0 Å². The molecule has 0 spiro atoms. The smallest absolute Gasteiger partial charge is 0.151 e. The standard InChI is InChI=1S/C16H18N4/c1-11-4-2-3-5-13(11)14-6-7-16(19-18-14)20-9-12-8-17-15(12)10-20/h2-7,12,15,17H,8-10H2,1H3/t12-,15+/m1/s1. The lowest BCUT2D eigenvalue weighted by molar-refractivity contribution is 0.297. The van der Waals surface area contributed by atoms with Crippen LogP contribution in [0.3, 0.4) is 0 Å². The van der Waals surface area contributed by atoms with Crippen LogP contribution in [0.4, 0.5) is 5.82 Å². The highest BCUT2D eigenvalue weighted by molar-refractivity contribution is 5.63. The van der Waals surface area contributed by atoms with E-state index in [4.69, 9.17) is 0 Å². The third-order valence-electron chi connectivity index (χ3n) is 4.48. The van der Waals surface area contributed by atoms with Gasteiger partial charge in [-0.25, -0.2) is 0 Å².